The van der Waals surface area contributed by atoms with Crippen LogP contribution in [0.1, 0.15) is 117 Å². The maximum Gasteiger partial charge on any atom is 0.130 e. The Balaban J connectivity index is 1.45. The largest absolute Gasteiger partial charge is 0.491 e. The van der Waals surface area contributed by atoms with E-state index in [1.165, 1.54) is 88.2 Å². The zero-order chi connectivity index (χ0) is 23.1. The topological polar surface area (TPSA) is 46.5 Å². The number of hydrogen-bond donors (Lipinski definition) is 1. The van der Waals surface area contributed by atoms with Crippen molar-refractivity contribution in [1.82, 2.24) is 0 Å². The van der Waals surface area contributed by atoms with Crippen LogP contribution in [0, 0.1) is 28.6 Å². The first-order chi connectivity index (χ1) is 16.0. The quantitative estimate of drug-likeness (QED) is 0.339. The molecule has 0 spiro atoms. The molecule has 0 radical (unpaired) electrons. The van der Waals surface area contributed by atoms with Gasteiger partial charge in [-0.3, -0.25) is 0 Å². The van der Waals surface area contributed by atoms with Gasteiger partial charge in [-0.05, 0) is 107 Å². The van der Waals surface area contributed by atoms with Crippen molar-refractivity contribution in [3.63, 3.8) is 0 Å². The van der Waals surface area contributed by atoms with Crippen LogP contribution < -0.4 is 0 Å². The standard InChI is InChI=1S/C30H46O3/c1-3-4-16-30(33-24-9-7-5-6-8-10-24)19-15-26-25-12-11-22-20-23(32)13-18-29(22,21-31)27(25)14-17-28(26,30)2/h9,20-21,23,25-27,32H,3-8,10-19H2,1-2H3/t23?,25-,26-,27+,28-,29+,30?/m0/s1. The number of unbranched alkanes of at least 4 members (excludes halogenated alkanes) is 1. The minimum Gasteiger partial charge on any atom is -0.491 e. The lowest BCUT2D eigenvalue weighted by Gasteiger charge is -2.59. The van der Waals surface area contributed by atoms with Gasteiger partial charge in [0.2, 0.25) is 0 Å². The molecule has 5 aliphatic rings. The molecule has 0 amide bonds. The number of carbonyl (C=O) groups excluding carboxylic acids is 1. The van der Waals surface area contributed by atoms with Gasteiger partial charge in [0.25, 0.3) is 0 Å². The Morgan fingerprint density at radius 3 is 2.73 bits per heavy atom. The van der Waals surface area contributed by atoms with Gasteiger partial charge in [0.1, 0.15) is 11.9 Å². The van der Waals surface area contributed by atoms with E-state index in [4.69, 9.17) is 4.74 Å². The van der Waals surface area contributed by atoms with Crippen molar-refractivity contribution >= 4 is 6.29 Å². The van der Waals surface area contributed by atoms with E-state index in [0.29, 0.717) is 17.8 Å². The summed E-state index contributed by atoms with van der Waals surface area (Å²) >= 11 is 0. The van der Waals surface area contributed by atoms with Gasteiger partial charge in [-0.1, -0.05) is 38.3 Å². The maximum atomic E-state index is 12.7. The van der Waals surface area contributed by atoms with Gasteiger partial charge in [-0.2, -0.15) is 0 Å². The Morgan fingerprint density at radius 1 is 1.06 bits per heavy atom. The Kier molecular flexibility index (Phi) is 6.57. The molecule has 0 aromatic rings. The zero-order valence-electron chi connectivity index (χ0n) is 21.1. The highest BCUT2D eigenvalue weighted by Crippen LogP contribution is 2.69. The summed E-state index contributed by atoms with van der Waals surface area (Å²) in [5.41, 5.74) is 1.14. The van der Waals surface area contributed by atoms with Crippen molar-refractivity contribution in [2.75, 3.05) is 0 Å². The number of hydrogen-bond acceptors (Lipinski definition) is 3. The predicted molar refractivity (Wildman–Crippen MR) is 133 cm³/mol. The van der Waals surface area contributed by atoms with Gasteiger partial charge >= 0.3 is 0 Å². The summed E-state index contributed by atoms with van der Waals surface area (Å²) in [5.74, 6) is 3.02. The minimum atomic E-state index is -0.354. The first-order valence-electron chi connectivity index (χ1n) is 14.2. The number of ether oxygens (including phenoxy) is 1. The highest BCUT2D eigenvalue weighted by molar-refractivity contribution is 5.67. The second-order valence-electron chi connectivity index (χ2n) is 12.3. The number of aliphatic hydroxyl groups is 1. The Hall–Kier alpha value is -1.09. The maximum absolute atomic E-state index is 12.7. The molecule has 0 aromatic carbocycles. The average Bonchev–Trinajstić information content (AvgIpc) is 2.95. The summed E-state index contributed by atoms with van der Waals surface area (Å²) in [6, 6.07) is 0. The van der Waals surface area contributed by atoms with Gasteiger partial charge in [-0.15, -0.1) is 0 Å². The average molecular weight is 455 g/mol. The first-order valence-corrected chi connectivity index (χ1v) is 14.2. The van der Waals surface area contributed by atoms with Crippen molar-refractivity contribution < 1.29 is 14.6 Å². The van der Waals surface area contributed by atoms with E-state index in [1.54, 1.807) is 0 Å². The molecule has 3 saturated carbocycles. The fraction of sp³-hybridized carbons (Fsp3) is 0.833. The van der Waals surface area contributed by atoms with E-state index in [2.05, 4.69) is 19.9 Å². The van der Waals surface area contributed by atoms with Crippen molar-refractivity contribution in [2.45, 2.75) is 128 Å². The second kappa shape index (κ2) is 9.17. The normalized spacial score (nSPS) is 45.1. The van der Waals surface area contributed by atoms with Crippen LogP contribution in [0.5, 0.6) is 0 Å². The van der Waals surface area contributed by atoms with E-state index in [9.17, 15) is 9.90 Å². The van der Waals surface area contributed by atoms with E-state index in [1.807, 2.05) is 6.08 Å². The number of allylic oxidation sites excluding steroid dienone is 3. The molecule has 33 heavy (non-hydrogen) atoms. The second-order valence-corrected chi connectivity index (χ2v) is 12.3. The third-order valence-corrected chi connectivity index (χ3v) is 11.0. The van der Waals surface area contributed by atoms with E-state index >= 15 is 0 Å². The van der Waals surface area contributed by atoms with E-state index in [-0.39, 0.29) is 22.5 Å². The lowest BCUT2D eigenvalue weighted by atomic mass is 9.46. The highest BCUT2D eigenvalue weighted by Gasteiger charge is 2.66. The van der Waals surface area contributed by atoms with Crippen molar-refractivity contribution in [3.8, 4) is 0 Å². The van der Waals surface area contributed by atoms with Gasteiger partial charge in [0.05, 0.1) is 17.3 Å². The molecule has 5 rings (SSSR count). The molecule has 7 atom stereocenters. The number of carbonyl (C=O) groups is 1. The molecule has 3 fully saturated rings. The summed E-state index contributed by atoms with van der Waals surface area (Å²) in [4.78, 5) is 12.7. The lowest BCUT2D eigenvalue weighted by Crippen LogP contribution is -2.56. The first kappa shape index (κ1) is 23.6. The van der Waals surface area contributed by atoms with Crippen molar-refractivity contribution in [1.29, 1.82) is 0 Å². The predicted octanol–water partition coefficient (Wildman–Crippen LogP) is 7.28. The molecule has 5 aliphatic carbocycles. The molecule has 0 heterocycles. The van der Waals surface area contributed by atoms with Crippen LogP contribution in [0.2, 0.25) is 0 Å². The monoisotopic (exact) mass is 454 g/mol. The van der Waals surface area contributed by atoms with Crippen molar-refractivity contribution in [3.05, 3.63) is 23.5 Å². The third-order valence-electron chi connectivity index (χ3n) is 11.0. The molecular formula is C30H46O3. The SMILES string of the molecule is CCCCC1(OC2=CCCCCC2)CC[C@H]2[C@@H]3CCC4=CC(O)CC[C@]4(C=O)[C@@H]3CC[C@@]21C. The summed E-state index contributed by atoms with van der Waals surface area (Å²) in [7, 11) is 0. The van der Waals surface area contributed by atoms with Crippen LogP contribution in [-0.4, -0.2) is 23.1 Å². The fourth-order valence-corrected chi connectivity index (χ4v) is 9.14. The molecule has 0 aromatic heterocycles. The highest BCUT2D eigenvalue weighted by atomic mass is 16.5. The molecule has 0 bridgehead atoms. The number of aldehydes is 1. The minimum absolute atomic E-state index is 0.0258. The third kappa shape index (κ3) is 3.76. The molecule has 0 saturated heterocycles. The number of aliphatic hydroxyl groups excluding tert-OH is 1. The van der Waals surface area contributed by atoms with Crippen LogP contribution in [0.15, 0.2) is 23.5 Å². The fourth-order valence-electron chi connectivity index (χ4n) is 9.14. The van der Waals surface area contributed by atoms with Crippen LogP contribution in [-0.2, 0) is 9.53 Å². The van der Waals surface area contributed by atoms with Crippen molar-refractivity contribution in [2.24, 2.45) is 28.6 Å². The van der Waals surface area contributed by atoms with Gasteiger partial charge in [0, 0.05) is 11.8 Å². The molecular weight excluding hydrogens is 408 g/mol. The summed E-state index contributed by atoms with van der Waals surface area (Å²) in [6.45, 7) is 4.88. The summed E-state index contributed by atoms with van der Waals surface area (Å²) in [5, 5.41) is 10.3. The lowest BCUT2D eigenvalue weighted by molar-refractivity contribution is -0.150. The van der Waals surface area contributed by atoms with Crippen LogP contribution in [0.4, 0.5) is 0 Å². The summed E-state index contributed by atoms with van der Waals surface area (Å²) < 4.78 is 7.19. The molecule has 0 aliphatic heterocycles. The Labute approximate surface area is 201 Å². The molecule has 2 unspecified atom stereocenters. The van der Waals surface area contributed by atoms with E-state index < -0.39 is 0 Å². The van der Waals surface area contributed by atoms with Gasteiger partial charge < -0.3 is 14.6 Å². The smallest absolute Gasteiger partial charge is 0.130 e. The molecule has 184 valence electrons. The van der Waals surface area contributed by atoms with Crippen LogP contribution in [0.25, 0.3) is 0 Å². The van der Waals surface area contributed by atoms with Crippen LogP contribution >= 0.6 is 0 Å². The molecule has 3 nitrogen and oxygen atoms in total. The van der Waals surface area contributed by atoms with Gasteiger partial charge in [0.15, 0.2) is 0 Å². The number of rotatable bonds is 6. The van der Waals surface area contributed by atoms with Crippen LogP contribution in [0.3, 0.4) is 0 Å². The molecule has 3 heteroatoms. The Morgan fingerprint density at radius 2 is 1.91 bits per heavy atom. The van der Waals surface area contributed by atoms with Gasteiger partial charge in [-0.25, -0.2) is 0 Å². The van der Waals surface area contributed by atoms with E-state index in [0.717, 1.165) is 32.1 Å². The summed E-state index contributed by atoms with van der Waals surface area (Å²) in [6.07, 6.45) is 23.8. The number of fused-ring (bicyclic) bond motifs is 5. The molecule has 1 N–H and O–H groups in total. The Bertz CT molecular complexity index is 798. The zero-order valence-corrected chi connectivity index (χ0v) is 21.1.